The average Bonchev–Trinajstić information content (AvgIpc) is 3.16. The molecule has 0 saturated heterocycles. The first-order valence-electron chi connectivity index (χ1n) is 7.84. The molecule has 0 unspecified atom stereocenters. The number of aryl methyl sites for hydroxylation is 1. The summed E-state index contributed by atoms with van der Waals surface area (Å²) in [6.45, 7) is 2.20. The molecule has 0 saturated carbocycles. The predicted molar refractivity (Wildman–Crippen MR) is 94.0 cm³/mol. The molecule has 0 radical (unpaired) electrons. The van der Waals surface area contributed by atoms with Gasteiger partial charge in [-0.2, -0.15) is 0 Å². The summed E-state index contributed by atoms with van der Waals surface area (Å²) in [4.78, 5) is 0. The Morgan fingerprint density at radius 1 is 0.826 bits per heavy atom. The normalized spacial score (nSPS) is 11.4. The van der Waals surface area contributed by atoms with E-state index < -0.39 is 0 Å². The van der Waals surface area contributed by atoms with E-state index in [1.165, 1.54) is 33.2 Å². The summed E-state index contributed by atoms with van der Waals surface area (Å²) in [7, 11) is 3.41. The Labute approximate surface area is 135 Å². The zero-order valence-corrected chi connectivity index (χ0v) is 13.6. The summed E-state index contributed by atoms with van der Waals surface area (Å²) in [5.41, 5.74) is 7.53. The molecule has 23 heavy (non-hydrogen) atoms. The van der Waals surface area contributed by atoms with Crippen molar-refractivity contribution < 1.29 is 9.47 Å². The first-order valence-corrected chi connectivity index (χ1v) is 7.84. The summed E-state index contributed by atoms with van der Waals surface area (Å²) in [5.74, 6) is 1.78. The molecular formula is C20H19NO2. The molecule has 3 aromatic heterocycles. The maximum Gasteiger partial charge on any atom is 0.123 e. The van der Waals surface area contributed by atoms with E-state index in [1.54, 1.807) is 14.2 Å². The van der Waals surface area contributed by atoms with E-state index in [4.69, 9.17) is 9.47 Å². The van der Waals surface area contributed by atoms with Crippen LogP contribution in [0.25, 0.3) is 27.7 Å². The zero-order chi connectivity index (χ0) is 16.0. The number of hydrogen-bond donors (Lipinski definition) is 0. The third-order valence-electron chi connectivity index (χ3n) is 4.56. The van der Waals surface area contributed by atoms with Crippen LogP contribution in [0.5, 0.6) is 11.5 Å². The third kappa shape index (κ3) is 1.96. The van der Waals surface area contributed by atoms with Gasteiger partial charge in [-0.15, -0.1) is 0 Å². The fourth-order valence-corrected chi connectivity index (χ4v) is 3.48. The van der Waals surface area contributed by atoms with E-state index in [-0.39, 0.29) is 0 Å². The van der Waals surface area contributed by atoms with Crippen molar-refractivity contribution in [3.05, 3.63) is 54.1 Å². The summed E-state index contributed by atoms with van der Waals surface area (Å²) in [6, 6.07) is 16.9. The maximum atomic E-state index is 5.47. The van der Waals surface area contributed by atoms with E-state index >= 15 is 0 Å². The number of pyridine rings is 1. The molecule has 3 heterocycles. The van der Waals surface area contributed by atoms with Crippen LogP contribution in [0.4, 0.5) is 0 Å². The van der Waals surface area contributed by atoms with Gasteiger partial charge < -0.3 is 13.9 Å². The lowest BCUT2D eigenvalue weighted by atomic mass is 9.99. The number of rotatable bonds is 4. The quantitative estimate of drug-likeness (QED) is 0.541. The molecule has 0 N–H and O–H groups in total. The van der Waals surface area contributed by atoms with E-state index in [0.717, 1.165) is 17.9 Å². The largest absolute Gasteiger partial charge is 0.497 e. The monoisotopic (exact) mass is 305 g/mol. The Bertz CT molecular complexity index is 967. The van der Waals surface area contributed by atoms with Crippen LogP contribution in [0.3, 0.4) is 0 Å². The van der Waals surface area contributed by atoms with Crippen molar-refractivity contribution in [3.8, 4) is 22.6 Å². The highest BCUT2D eigenvalue weighted by Gasteiger charge is 2.18. The van der Waals surface area contributed by atoms with Gasteiger partial charge in [-0.05, 0) is 41.8 Å². The standard InChI is InChI=1S/C20H19NO2/c1-4-17-19-12-16(23-3)11-14-7-10-18(21(14)19)20(17)13-5-8-15(22-2)9-6-13/h5-12H,4H2,1-3H3. The Balaban J connectivity index is 2.05. The number of nitrogens with zero attached hydrogens (tertiary/aromatic N) is 1. The van der Waals surface area contributed by atoms with E-state index in [1.807, 2.05) is 12.1 Å². The number of hydrogen-bond acceptors (Lipinski definition) is 2. The molecule has 0 fully saturated rings. The minimum atomic E-state index is 0.880. The van der Waals surface area contributed by atoms with Crippen molar-refractivity contribution in [1.82, 2.24) is 4.40 Å². The van der Waals surface area contributed by atoms with Crippen LogP contribution < -0.4 is 9.47 Å². The van der Waals surface area contributed by atoms with Gasteiger partial charge in [0, 0.05) is 23.2 Å². The molecule has 4 aromatic rings. The molecule has 0 bridgehead atoms. The molecule has 0 atom stereocenters. The summed E-state index contributed by atoms with van der Waals surface area (Å²) in [5, 5.41) is 0. The van der Waals surface area contributed by atoms with E-state index in [9.17, 15) is 0 Å². The van der Waals surface area contributed by atoms with Crippen LogP contribution in [-0.2, 0) is 6.42 Å². The molecule has 0 aliphatic rings. The van der Waals surface area contributed by atoms with Crippen LogP contribution in [-0.4, -0.2) is 18.6 Å². The van der Waals surface area contributed by atoms with Gasteiger partial charge in [0.05, 0.1) is 25.3 Å². The van der Waals surface area contributed by atoms with Gasteiger partial charge in [0.25, 0.3) is 0 Å². The first kappa shape index (κ1) is 13.9. The second-order valence-electron chi connectivity index (χ2n) is 5.69. The Morgan fingerprint density at radius 2 is 1.57 bits per heavy atom. The molecule has 4 rings (SSSR count). The van der Waals surface area contributed by atoms with Crippen molar-refractivity contribution in [2.75, 3.05) is 14.2 Å². The van der Waals surface area contributed by atoms with E-state index in [0.29, 0.717) is 0 Å². The average molecular weight is 305 g/mol. The minimum Gasteiger partial charge on any atom is -0.497 e. The van der Waals surface area contributed by atoms with Crippen LogP contribution in [0.15, 0.2) is 48.5 Å². The second-order valence-corrected chi connectivity index (χ2v) is 5.69. The van der Waals surface area contributed by atoms with Crippen LogP contribution in [0.2, 0.25) is 0 Å². The highest BCUT2D eigenvalue weighted by atomic mass is 16.5. The van der Waals surface area contributed by atoms with Crippen molar-refractivity contribution in [2.24, 2.45) is 0 Å². The van der Waals surface area contributed by atoms with Gasteiger partial charge in [0.1, 0.15) is 11.5 Å². The molecule has 116 valence electrons. The maximum absolute atomic E-state index is 5.47. The Hall–Kier alpha value is -2.68. The van der Waals surface area contributed by atoms with Gasteiger partial charge in [0.2, 0.25) is 0 Å². The van der Waals surface area contributed by atoms with Gasteiger partial charge >= 0.3 is 0 Å². The molecule has 0 aliphatic heterocycles. The minimum absolute atomic E-state index is 0.880. The van der Waals surface area contributed by atoms with Crippen LogP contribution in [0.1, 0.15) is 12.5 Å². The number of ether oxygens (including phenoxy) is 2. The second kappa shape index (κ2) is 5.20. The number of benzene rings is 1. The topological polar surface area (TPSA) is 22.9 Å². The molecular weight excluding hydrogens is 286 g/mol. The summed E-state index contributed by atoms with van der Waals surface area (Å²) in [6.07, 6.45) is 0.977. The van der Waals surface area contributed by atoms with Gasteiger partial charge in [-0.1, -0.05) is 19.1 Å². The smallest absolute Gasteiger partial charge is 0.123 e. The first-order chi connectivity index (χ1) is 11.3. The van der Waals surface area contributed by atoms with Crippen LogP contribution in [0, 0.1) is 0 Å². The predicted octanol–water partition coefficient (Wildman–Crippen LogP) is 4.78. The lowest BCUT2D eigenvalue weighted by molar-refractivity contribution is 0.415. The van der Waals surface area contributed by atoms with Crippen LogP contribution >= 0.6 is 0 Å². The van der Waals surface area contributed by atoms with Crippen molar-refractivity contribution in [1.29, 1.82) is 0 Å². The fourth-order valence-electron chi connectivity index (χ4n) is 3.48. The highest BCUT2D eigenvalue weighted by molar-refractivity contribution is 5.95. The fraction of sp³-hybridized carbons (Fsp3) is 0.200. The molecule has 3 nitrogen and oxygen atoms in total. The Kier molecular flexibility index (Phi) is 3.15. The number of aromatic nitrogens is 1. The summed E-state index contributed by atoms with van der Waals surface area (Å²) < 4.78 is 13.1. The van der Waals surface area contributed by atoms with Gasteiger partial charge in [0.15, 0.2) is 0 Å². The lowest BCUT2D eigenvalue weighted by Crippen LogP contribution is -1.89. The summed E-state index contributed by atoms with van der Waals surface area (Å²) >= 11 is 0. The third-order valence-corrected chi connectivity index (χ3v) is 4.56. The molecule has 3 heteroatoms. The zero-order valence-electron chi connectivity index (χ0n) is 13.6. The van der Waals surface area contributed by atoms with Gasteiger partial charge in [-0.25, -0.2) is 0 Å². The van der Waals surface area contributed by atoms with E-state index in [2.05, 4.69) is 47.7 Å². The molecule has 0 spiro atoms. The van der Waals surface area contributed by atoms with Gasteiger partial charge in [-0.3, -0.25) is 0 Å². The molecule has 1 aromatic carbocycles. The van der Waals surface area contributed by atoms with Crippen molar-refractivity contribution in [3.63, 3.8) is 0 Å². The SMILES string of the molecule is CCc1c(-c2ccc(OC)cc2)c2ccc3cc(OC)cc1n32. The number of methoxy groups -OCH3 is 2. The highest BCUT2D eigenvalue weighted by Crippen LogP contribution is 2.39. The molecule has 0 amide bonds. The van der Waals surface area contributed by atoms with Crippen molar-refractivity contribution in [2.45, 2.75) is 13.3 Å². The lowest BCUT2D eigenvalue weighted by Gasteiger charge is -2.06. The molecule has 0 aliphatic carbocycles. The Morgan fingerprint density at radius 3 is 2.22 bits per heavy atom. The van der Waals surface area contributed by atoms with Crippen molar-refractivity contribution >= 4 is 16.6 Å².